The summed E-state index contributed by atoms with van der Waals surface area (Å²) in [6.45, 7) is 2.82. The van der Waals surface area contributed by atoms with Gasteiger partial charge < -0.3 is 5.32 Å². The van der Waals surface area contributed by atoms with E-state index < -0.39 is 0 Å². The molecule has 20 heavy (non-hydrogen) atoms. The zero-order valence-corrected chi connectivity index (χ0v) is 12.5. The van der Waals surface area contributed by atoms with Crippen LogP contribution in [0.3, 0.4) is 0 Å². The molecule has 0 aromatic heterocycles. The van der Waals surface area contributed by atoms with Crippen molar-refractivity contribution in [3.05, 3.63) is 34.6 Å². The summed E-state index contributed by atoms with van der Waals surface area (Å²) in [5, 5.41) is 4.20. The van der Waals surface area contributed by atoms with Gasteiger partial charge in [-0.25, -0.2) is 4.39 Å². The van der Waals surface area contributed by atoms with E-state index in [0.717, 1.165) is 18.7 Å². The lowest BCUT2D eigenvalue weighted by atomic mass is 10.0. The zero-order valence-electron chi connectivity index (χ0n) is 11.7. The average Bonchev–Trinajstić information content (AvgIpc) is 3.28. The topological polar surface area (TPSA) is 15.3 Å². The van der Waals surface area contributed by atoms with Gasteiger partial charge in [0.25, 0.3) is 0 Å². The second-order valence-electron chi connectivity index (χ2n) is 6.04. The Labute approximate surface area is 125 Å². The summed E-state index contributed by atoms with van der Waals surface area (Å²) < 4.78 is 13.9. The lowest BCUT2D eigenvalue weighted by Gasteiger charge is -2.30. The van der Waals surface area contributed by atoms with Gasteiger partial charge in [-0.15, -0.1) is 0 Å². The smallest absolute Gasteiger partial charge is 0.127 e. The molecule has 1 aromatic carbocycles. The first kappa shape index (κ1) is 14.3. The van der Waals surface area contributed by atoms with Crippen LogP contribution in [-0.2, 0) is 6.54 Å². The summed E-state index contributed by atoms with van der Waals surface area (Å²) in [6, 6.07) is 6.05. The quantitative estimate of drug-likeness (QED) is 0.893. The SMILES string of the molecule is Fc1ccc(Cl)cc1CN(CC1CCCCN1)C1CC1. The van der Waals surface area contributed by atoms with E-state index in [2.05, 4.69) is 10.2 Å². The van der Waals surface area contributed by atoms with Gasteiger partial charge in [0.05, 0.1) is 0 Å². The van der Waals surface area contributed by atoms with Crippen LogP contribution >= 0.6 is 11.6 Å². The fraction of sp³-hybridized carbons (Fsp3) is 0.625. The minimum atomic E-state index is -0.142. The maximum Gasteiger partial charge on any atom is 0.127 e. The summed E-state index contributed by atoms with van der Waals surface area (Å²) in [7, 11) is 0. The Bertz CT molecular complexity index is 456. The Balaban J connectivity index is 1.66. The molecule has 110 valence electrons. The van der Waals surface area contributed by atoms with Gasteiger partial charge in [0.1, 0.15) is 5.82 Å². The highest BCUT2D eigenvalue weighted by Gasteiger charge is 2.31. The van der Waals surface area contributed by atoms with Crippen LogP contribution in [0.1, 0.15) is 37.7 Å². The van der Waals surface area contributed by atoms with Crippen LogP contribution in [0.5, 0.6) is 0 Å². The van der Waals surface area contributed by atoms with Crippen LogP contribution in [0.25, 0.3) is 0 Å². The first-order chi connectivity index (χ1) is 9.72. The van der Waals surface area contributed by atoms with Gasteiger partial charge in [0.15, 0.2) is 0 Å². The second kappa shape index (κ2) is 6.42. The Morgan fingerprint density at radius 2 is 2.10 bits per heavy atom. The number of hydrogen-bond acceptors (Lipinski definition) is 2. The molecule has 1 aliphatic carbocycles. The van der Waals surface area contributed by atoms with E-state index in [0.29, 0.717) is 23.7 Å². The van der Waals surface area contributed by atoms with Crippen molar-refractivity contribution < 1.29 is 4.39 Å². The maximum absolute atomic E-state index is 13.9. The summed E-state index contributed by atoms with van der Waals surface area (Å²) in [5.41, 5.74) is 0.722. The van der Waals surface area contributed by atoms with E-state index in [1.165, 1.54) is 38.2 Å². The van der Waals surface area contributed by atoms with Gasteiger partial charge in [-0.2, -0.15) is 0 Å². The molecular formula is C16H22ClFN2. The van der Waals surface area contributed by atoms with Crippen molar-refractivity contribution in [1.82, 2.24) is 10.2 Å². The Morgan fingerprint density at radius 3 is 2.80 bits per heavy atom. The number of rotatable bonds is 5. The maximum atomic E-state index is 13.9. The molecule has 1 aliphatic heterocycles. The first-order valence-corrected chi connectivity index (χ1v) is 8.01. The average molecular weight is 297 g/mol. The predicted molar refractivity (Wildman–Crippen MR) is 80.5 cm³/mol. The molecule has 0 amide bonds. The van der Waals surface area contributed by atoms with Crippen molar-refractivity contribution in [3.63, 3.8) is 0 Å². The first-order valence-electron chi connectivity index (χ1n) is 7.64. The minimum absolute atomic E-state index is 0.142. The third-order valence-electron chi connectivity index (χ3n) is 4.31. The van der Waals surface area contributed by atoms with Gasteiger partial charge >= 0.3 is 0 Å². The lowest BCUT2D eigenvalue weighted by Crippen LogP contribution is -2.44. The van der Waals surface area contributed by atoms with Crippen LogP contribution in [0.2, 0.25) is 5.02 Å². The lowest BCUT2D eigenvalue weighted by molar-refractivity contribution is 0.206. The number of hydrogen-bond donors (Lipinski definition) is 1. The number of nitrogens with one attached hydrogen (secondary N) is 1. The van der Waals surface area contributed by atoms with E-state index in [4.69, 9.17) is 11.6 Å². The largest absolute Gasteiger partial charge is 0.313 e. The fourth-order valence-corrected chi connectivity index (χ4v) is 3.22. The number of piperidine rings is 1. The summed E-state index contributed by atoms with van der Waals surface area (Å²) in [5.74, 6) is -0.142. The molecule has 0 radical (unpaired) electrons. The second-order valence-corrected chi connectivity index (χ2v) is 6.48. The molecule has 0 bridgehead atoms. The number of benzene rings is 1. The molecule has 2 aliphatic rings. The third kappa shape index (κ3) is 3.72. The van der Waals surface area contributed by atoms with Crippen LogP contribution in [0.15, 0.2) is 18.2 Å². The standard InChI is InChI=1S/C16H22ClFN2/c17-13-4-7-16(18)12(9-13)10-20(15-5-6-15)11-14-3-1-2-8-19-14/h4,7,9,14-15,19H,1-3,5-6,8,10-11H2. The van der Waals surface area contributed by atoms with Crippen molar-refractivity contribution >= 4 is 11.6 Å². The molecule has 0 spiro atoms. The van der Waals surface area contributed by atoms with E-state index in [9.17, 15) is 4.39 Å². The molecule has 2 fully saturated rings. The highest BCUT2D eigenvalue weighted by molar-refractivity contribution is 6.30. The van der Waals surface area contributed by atoms with Crippen LogP contribution in [0.4, 0.5) is 4.39 Å². The van der Waals surface area contributed by atoms with E-state index in [-0.39, 0.29) is 5.82 Å². The predicted octanol–water partition coefficient (Wildman–Crippen LogP) is 3.59. The van der Waals surface area contributed by atoms with Gasteiger partial charge in [-0.1, -0.05) is 18.0 Å². The van der Waals surface area contributed by atoms with Crippen LogP contribution < -0.4 is 5.32 Å². The fourth-order valence-electron chi connectivity index (χ4n) is 3.03. The molecule has 1 unspecified atom stereocenters. The molecule has 1 N–H and O–H groups in total. The molecule has 1 atom stereocenters. The van der Waals surface area contributed by atoms with E-state index in [1.807, 2.05) is 0 Å². The van der Waals surface area contributed by atoms with Crippen molar-refractivity contribution in [2.45, 2.75) is 50.7 Å². The molecule has 1 saturated heterocycles. The highest BCUT2D eigenvalue weighted by atomic mass is 35.5. The normalized spacial score (nSPS) is 23.2. The third-order valence-corrected chi connectivity index (χ3v) is 4.55. The van der Waals surface area contributed by atoms with E-state index in [1.54, 1.807) is 12.1 Å². The minimum Gasteiger partial charge on any atom is -0.313 e. The molecule has 4 heteroatoms. The zero-order chi connectivity index (χ0) is 13.9. The molecule has 1 saturated carbocycles. The van der Waals surface area contributed by atoms with Gasteiger partial charge in [-0.05, 0) is 50.4 Å². The molecule has 1 aromatic rings. The van der Waals surface area contributed by atoms with Gasteiger partial charge in [0, 0.05) is 35.8 Å². The highest BCUT2D eigenvalue weighted by Crippen LogP contribution is 2.30. The number of nitrogens with zero attached hydrogens (tertiary/aromatic N) is 1. The van der Waals surface area contributed by atoms with Gasteiger partial charge in [-0.3, -0.25) is 4.90 Å². The summed E-state index contributed by atoms with van der Waals surface area (Å²) in [6.07, 6.45) is 6.32. The Hall–Kier alpha value is -0.640. The van der Waals surface area contributed by atoms with Crippen LogP contribution in [-0.4, -0.2) is 30.1 Å². The van der Waals surface area contributed by atoms with Crippen molar-refractivity contribution in [1.29, 1.82) is 0 Å². The molecule has 1 heterocycles. The molecule has 3 rings (SSSR count). The van der Waals surface area contributed by atoms with Crippen molar-refractivity contribution in [2.75, 3.05) is 13.1 Å². The van der Waals surface area contributed by atoms with Crippen LogP contribution in [0, 0.1) is 5.82 Å². The molecular weight excluding hydrogens is 275 g/mol. The Kier molecular flexibility index (Phi) is 4.59. The number of halogens is 2. The summed E-state index contributed by atoms with van der Waals surface area (Å²) in [4.78, 5) is 2.43. The summed E-state index contributed by atoms with van der Waals surface area (Å²) >= 11 is 5.99. The Morgan fingerprint density at radius 1 is 1.25 bits per heavy atom. The van der Waals surface area contributed by atoms with Gasteiger partial charge in [0.2, 0.25) is 0 Å². The van der Waals surface area contributed by atoms with Crippen molar-refractivity contribution in [2.24, 2.45) is 0 Å². The van der Waals surface area contributed by atoms with E-state index >= 15 is 0 Å². The van der Waals surface area contributed by atoms with Crippen molar-refractivity contribution in [3.8, 4) is 0 Å². The molecule has 2 nitrogen and oxygen atoms in total. The monoisotopic (exact) mass is 296 g/mol.